The molecule has 86 valence electrons. The normalized spacial score (nSPS) is 9.93. The minimum Gasteiger partial charge on any atom is -0.473 e. The zero-order chi connectivity index (χ0) is 11.0. The zero-order valence-electron chi connectivity index (χ0n) is 7.80. The monoisotopic (exact) mass is 402 g/mol. The average molecular weight is 402 g/mol. The predicted molar refractivity (Wildman–Crippen MR) is 51.8 cm³/mol. The van der Waals surface area contributed by atoms with Crippen LogP contribution < -0.4 is 5.73 Å². The molecule has 0 spiro atoms. The molecule has 0 heterocycles. The van der Waals surface area contributed by atoms with Gasteiger partial charge in [-0.2, -0.15) is 0 Å². The SMILES string of the molecule is CCC(N)C(C)=S.O=C(O)C(=O)O.[Pt]. The van der Waals surface area contributed by atoms with Gasteiger partial charge in [0.2, 0.25) is 0 Å². The molecule has 0 bridgehead atoms. The number of carboxylic acids is 2. The van der Waals surface area contributed by atoms with E-state index in [-0.39, 0.29) is 27.1 Å². The molecule has 4 N–H and O–H groups in total. The summed E-state index contributed by atoms with van der Waals surface area (Å²) in [6, 6.07) is 0.134. The first-order valence-electron chi connectivity index (χ1n) is 3.55. The van der Waals surface area contributed by atoms with Gasteiger partial charge in [-0.05, 0) is 13.3 Å². The van der Waals surface area contributed by atoms with E-state index >= 15 is 0 Å². The molecular formula is C7H13NO4PtS. The Kier molecular flexibility index (Phi) is 14.8. The molecule has 0 saturated carbocycles. The van der Waals surface area contributed by atoms with E-state index in [4.69, 9.17) is 37.8 Å². The van der Waals surface area contributed by atoms with Crippen LogP contribution in [0.1, 0.15) is 20.3 Å². The van der Waals surface area contributed by atoms with Gasteiger partial charge in [0.05, 0.1) is 0 Å². The third-order valence-corrected chi connectivity index (χ3v) is 1.45. The minimum absolute atomic E-state index is 0. The number of hydrogen-bond acceptors (Lipinski definition) is 4. The number of hydrogen-bond donors (Lipinski definition) is 3. The summed E-state index contributed by atoms with van der Waals surface area (Å²) in [5, 5.41) is 14.8. The molecule has 1 unspecified atom stereocenters. The van der Waals surface area contributed by atoms with Crippen molar-refractivity contribution in [3.05, 3.63) is 0 Å². The molecule has 7 heteroatoms. The summed E-state index contributed by atoms with van der Waals surface area (Å²) in [4.78, 5) is 19.1. The molecule has 0 rings (SSSR count). The van der Waals surface area contributed by atoms with Crippen LogP contribution in [-0.4, -0.2) is 33.1 Å². The van der Waals surface area contributed by atoms with Gasteiger partial charge in [-0.1, -0.05) is 19.1 Å². The maximum absolute atomic E-state index is 9.10. The second kappa shape index (κ2) is 10.8. The average Bonchev–Trinajstić information content (AvgIpc) is 2.03. The first-order valence-corrected chi connectivity index (χ1v) is 3.96. The van der Waals surface area contributed by atoms with Gasteiger partial charge >= 0.3 is 11.9 Å². The predicted octanol–water partition coefficient (Wildman–Crippen LogP) is 0.267. The molecule has 0 aromatic rings. The van der Waals surface area contributed by atoms with E-state index in [2.05, 4.69) is 0 Å². The third-order valence-electron chi connectivity index (χ3n) is 1.14. The topological polar surface area (TPSA) is 101 Å². The molecule has 1 atom stereocenters. The van der Waals surface area contributed by atoms with E-state index in [1.807, 2.05) is 13.8 Å². The van der Waals surface area contributed by atoms with Crippen LogP contribution in [0.25, 0.3) is 0 Å². The molecule has 14 heavy (non-hydrogen) atoms. The largest absolute Gasteiger partial charge is 0.473 e. The first-order chi connectivity index (χ1) is 5.82. The van der Waals surface area contributed by atoms with Gasteiger partial charge in [0.25, 0.3) is 0 Å². The van der Waals surface area contributed by atoms with Crippen molar-refractivity contribution in [2.24, 2.45) is 5.73 Å². The number of thiocarbonyl (C=S) groups is 1. The minimum atomic E-state index is -1.82. The van der Waals surface area contributed by atoms with Gasteiger partial charge < -0.3 is 15.9 Å². The Balaban J connectivity index is -0.000000163. The van der Waals surface area contributed by atoms with Crippen LogP contribution in [-0.2, 0) is 30.7 Å². The van der Waals surface area contributed by atoms with Crippen LogP contribution in [0.15, 0.2) is 0 Å². The molecule has 0 aliphatic carbocycles. The van der Waals surface area contributed by atoms with Gasteiger partial charge in [0.1, 0.15) is 0 Å². The van der Waals surface area contributed by atoms with Crippen LogP contribution in [0.2, 0.25) is 0 Å². The van der Waals surface area contributed by atoms with E-state index in [1.165, 1.54) is 0 Å². The van der Waals surface area contributed by atoms with Crippen molar-refractivity contribution >= 4 is 29.0 Å². The van der Waals surface area contributed by atoms with Gasteiger partial charge in [-0.25, -0.2) is 9.59 Å². The van der Waals surface area contributed by atoms with Gasteiger partial charge in [0, 0.05) is 32.0 Å². The summed E-state index contributed by atoms with van der Waals surface area (Å²) in [7, 11) is 0. The maximum atomic E-state index is 9.10. The Morgan fingerprint density at radius 2 is 1.64 bits per heavy atom. The molecule has 0 aliphatic rings. The molecule has 0 radical (unpaired) electrons. The van der Waals surface area contributed by atoms with Crippen molar-refractivity contribution in [1.29, 1.82) is 0 Å². The summed E-state index contributed by atoms with van der Waals surface area (Å²) in [6.45, 7) is 3.91. The van der Waals surface area contributed by atoms with Gasteiger partial charge in [-0.15, -0.1) is 0 Å². The standard InChI is InChI=1S/C5H11NS.C2H2O4.Pt/c1-3-5(6)4(2)7;3-1(4)2(5)6;/h5H,3,6H2,1-2H3;(H,3,4)(H,5,6);. The second-order valence-corrected chi connectivity index (χ2v) is 2.88. The fourth-order valence-corrected chi connectivity index (χ4v) is 0.454. The van der Waals surface area contributed by atoms with E-state index in [9.17, 15) is 0 Å². The number of rotatable bonds is 2. The fourth-order valence-electron chi connectivity index (χ4n) is 0.287. The molecule has 0 fully saturated rings. The fraction of sp³-hybridized carbons (Fsp3) is 0.571. The van der Waals surface area contributed by atoms with Crippen LogP contribution >= 0.6 is 12.2 Å². The van der Waals surface area contributed by atoms with E-state index in [1.54, 1.807) is 0 Å². The Morgan fingerprint density at radius 3 is 1.64 bits per heavy atom. The zero-order valence-corrected chi connectivity index (χ0v) is 10.9. The Bertz CT molecular complexity index is 198. The first kappa shape index (κ1) is 19.3. The van der Waals surface area contributed by atoms with Gasteiger partial charge in [0.15, 0.2) is 0 Å². The molecule has 0 aromatic heterocycles. The summed E-state index contributed by atoms with van der Waals surface area (Å²) >= 11 is 4.79. The summed E-state index contributed by atoms with van der Waals surface area (Å²) in [5.74, 6) is -3.65. The van der Waals surface area contributed by atoms with Crippen LogP contribution in [0, 0.1) is 0 Å². The Morgan fingerprint density at radius 1 is 1.36 bits per heavy atom. The van der Waals surface area contributed by atoms with E-state index < -0.39 is 11.9 Å². The summed E-state index contributed by atoms with van der Waals surface area (Å²) in [5.41, 5.74) is 5.47. The third kappa shape index (κ3) is 14.2. The van der Waals surface area contributed by atoms with Crippen molar-refractivity contribution in [2.45, 2.75) is 26.3 Å². The molecule has 0 saturated heterocycles. The van der Waals surface area contributed by atoms with Gasteiger partial charge in [-0.3, -0.25) is 0 Å². The number of nitrogens with two attached hydrogens (primary N) is 1. The smallest absolute Gasteiger partial charge is 0.414 e. The Labute approximate surface area is 102 Å². The molecule has 0 aromatic carbocycles. The second-order valence-electron chi connectivity index (χ2n) is 2.24. The number of carbonyl (C=O) groups is 2. The number of aliphatic carboxylic acids is 2. The Hall–Kier alpha value is -0.322. The molecule has 5 nitrogen and oxygen atoms in total. The van der Waals surface area contributed by atoms with Crippen molar-refractivity contribution in [1.82, 2.24) is 0 Å². The summed E-state index contributed by atoms with van der Waals surface area (Å²) in [6.07, 6.45) is 0.954. The molecule has 0 aliphatic heterocycles. The van der Waals surface area contributed by atoms with Crippen molar-refractivity contribution in [2.75, 3.05) is 0 Å². The van der Waals surface area contributed by atoms with Crippen LogP contribution in [0.3, 0.4) is 0 Å². The number of carboxylic acid groups (broad SMARTS) is 2. The van der Waals surface area contributed by atoms with Crippen LogP contribution in [0.5, 0.6) is 0 Å². The molecular weight excluding hydrogens is 389 g/mol. The van der Waals surface area contributed by atoms with Crippen LogP contribution in [0.4, 0.5) is 0 Å². The van der Waals surface area contributed by atoms with E-state index in [0.717, 1.165) is 11.3 Å². The van der Waals surface area contributed by atoms with E-state index in [0.29, 0.717) is 0 Å². The summed E-state index contributed by atoms with van der Waals surface area (Å²) < 4.78 is 0. The van der Waals surface area contributed by atoms with Crippen molar-refractivity contribution in [3.8, 4) is 0 Å². The quantitative estimate of drug-likeness (QED) is 0.453. The van der Waals surface area contributed by atoms with Crippen molar-refractivity contribution in [3.63, 3.8) is 0 Å². The molecule has 0 amide bonds. The van der Waals surface area contributed by atoms with Crippen molar-refractivity contribution < 1.29 is 40.9 Å². The maximum Gasteiger partial charge on any atom is 0.414 e.